The maximum Gasteiger partial charge on any atom is 0.309 e. The van der Waals surface area contributed by atoms with Crippen molar-refractivity contribution < 1.29 is 33.6 Å². The first-order valence-corrected chi connectivity index (χ1v) is 14.2. The molecule has 2 atom stereocenters. The Morgan fingerprint density at radius 2 is 0.976 bits per heavy atom. The summed E-state index contributed by atoms with van der Waals surface area (Å²) < 4.78 is 17.8. The summed E-state index contributed by atoms with van der Waals surface area (Å²) in [6, 6.07) is 7.96. The number of hydrogen-bond acceptors (Lipinski definition) is 9. The van der Waals surface area contributed by atoms with E-state index >= 15 is 0 Å². The number of benzene rings is 2. The summed E-state index contributed by atoms with van der Waals surface area (Å²) in [5.74, 6) is -1.09. The topological polar surface area (TPSA) is 148 Å². The lowest BCUT2D eigenvalue weighted by Crippen LogP contribution is -2.20. The predicted molar refractivity (Wildman–Crippen MR) is 153 cm³/mol. The second kappa shape index (κ2) is 15.7. The van der Waals surface area contributed by atoms with Crippen molar-refractivity contribution in [3.05, 3.63) is 67.8 Å². The van der Waals surface area contributed by atoms with Gasteiger partial charge in [0.1, 0.15) is 23.7 Å². The number of non-ortho nitro benzene ring substituents is 2. The van der Waals surface area contributed by atoms with Crippen molar-refractivity contribution in [2.24, 2.45) is 11.8 Å². The Morgan fingerprint density at radius 1 is 0.634 bits per heavy atom. The first-order valence-electron chi connectivity index (χ1n) is 14.2. The van der Waals surface area contributed by atoms with Crippen LogP contribution in [0.5, 0.6) is 11.5 Å². The monoisotopic (exact) mass is 572 g/mol. The third-order valence-electron chi connectivity index (χ3n) is 7.22. The maximum absolute atomic E-state index is 12.8. The molecule has 2 aromatic rings. The van der Waals surface area contributed by atoms with Crippen LogP contribution in [0.2, 0.25) is 0 Å². The number of rotatable bonds is 16. The number of nitro groups is 2. The second-order valence-corrected chi connectivity index (χ2v) is 9.75. The summed E-state index contributed by atoms with van der Waals surface area (Å²) >= 11 is 0. The van der Waals surface area contributed by atoms with Gasteiger partial charge >= 0.3 is 11.9 Å². The minimum Gasteiger partial charge on any atom is -0.457 e. The van der Waals surface area contributed by atoms with Crippen molar-refractivity contribution in [1.82, 2.24) is 0 Å². The van der Waals surface area contributed by atoms with Gasteiger partial charge in [-0.2, -0.15) is 0 Å². The van der Waals surface area contributed by atoms with Gasteiger partial charge < -0.3 is 14.2 Å². The van der Waals surface area contributed by atoms with Gasteiger partial charge in [-0.3, -0.25) is 29.8 Å². The molecule has 0 aliphatic rings. The van der Waals surface area contributed by atoms with Crippen molar-refractivity contribution in [3.8, 4) is 11.5 Å². The van der Waals surface area contributed by atoms with Crippen LogP contribution in [0.4, 0.5) is 11.4 Å². The highest BCUT2D eigenvalue weighted by molar-refractivity contribution is 5.73. The molecule has 0 aliphatic heterocycles. The summed E-state index contributed by atoms with van der Waals surface area (Å²) in [7, 11) is 0. The molecule has 224 valence electrons. The highest BCUT2D eigenvalue weighted by Crippen LogP contribution is 2.41. The van der Waals surface area contributed by atoms with E-state index in [1.165, 1.54) is 36.4 Å². The second-order valence-electron chi connectivity index (χ2n) is 9.75. The lowest BCUT2D eigenvalue weighted by molar-refractivity contribution is -0.385. The minimum absolute atomic E-state index is 0.177. The van der Waals surface area contributed by atoms with Gasteiger partial charge in [0.25, 0.3) is 11.4 Å². The van der Waals surface area contributed by atoms with E-state index in [2.05, 4.69) is 0 Å². The molecule has 0 aromatic heterocycles. The summed E-state index contributed by atoms with van der Waals surface area (Å²) in [6.45, 7) is 11.1. The first-order chi connectivity index (χ1) is 19.5. The van der Waals surface area contributed by atoms with Gasteiger partial charge in [-0.25, -0.2) is 0 Å². The molecule has 11 heteroatoms. The number of nitro benzene ring substituents is 2. The SMILES string of the molecule is CCC(CC)C(=O)OC(CC)c1cc([N+](=O)[O-])ccc1Oc1ccc([N+](=O)[O-])cc1C(CC)OC(=O)C(CC)CC. The van der Waals surface area contributed by atoms with Gasteiger partial charge in [-0.15, -0.1) is 0 Å². The van der Waals surface area contributed by atoms with E-state index in [-0.39, 0.29) is 45.8 Å². The Kier molecular flexibility index (Phi) is 12.7. The van der Waals surface area contributed by atoms with E-state index in [0.29, 0.717) is 38.5 Å². The normalized spacial score (nSPS) is 12.6. The smallest absolute Gasteiger partial charge is 0.309 e. The molecule has 0 heterocycles. The fourth-order valence-corrected chi connectivity index (χ4v) is 4.56. The highest BCUT2D eigenvalue weighted by atomic mass is 16.6. The van der Waals surface area contributed by atoms with Crippen molar-refractivity contribution in [2.45, 2.75) is 92.3 Å². The minimum atomic E-state index is -0.839. The third kappa shape index (κ3) is 8.48. The maximum atomic E-state index is 12.8. The Hall–Kier alpha value is -4.02. The van der Waals surface area contributed by atoms with E-state index in [1.807, 2.05) is 27.7 Å². The fourth-order valence-electron chi connectivity index (χ4n) is 4.56. The van der Waals surface area contributed by atoms with Crippen LogP contribution in [-0.2, 0) is 19.1 Å². The zero-order valence-corrected chi connectivity index (χ0v) is 24.6. The van der Waals surface area contributed by atoms with Crippen LogP contribution in [-0.4, -0.2) is 21.8 Å². The number of carbonyl (C=O) groups is 2. The molecule has 0 N–H and O–H groups in total. The summed E-state index contributed by atoms with van der Waals surface area (Å²) in [5, 5.41) is 23.2. The summed E-state index contributed by atoms with van der Waals surface area (Å²) in [4.78, 5) is 47.7. The van der Waals surface area contributed by atoms with Crippen molar-refractivity contribution in [2.75, 3.05) is 0 Å². The van der Waals surface area contributed by atoms with Gasteiger partial charge in [-0.05, 0) is 50.7 Å². The quantitative estimate of drug-likeness (QED) is 0.110. The standard InChI is InChI=1S/C30H40N2O9/c1-7-19(8-2)29(33)40-25(11-5)23-17-21(31(35)36)13-15-27(23)39-28-16-14-22(32(37)38)18-24(28)26(12-6)41-30(34)20(9-3)10-4/h13-20,25-26H,7-12H2,1-6H3. The van der Waals surface area contributed by atoms with Crippen LogP contribution in [0.25, 0.3) is 0 Å². The van der Waals surface area contributed by atoms with E-state index < -0.39 is 34.0 Å². The van der Waals surface area contributed by atoms with Gasteiger partial charge in [-0.1, -0.05) is 41.5 Å². The third-order valence-corrected chi connectivity index (χ3v) is 7.22. The van der Waals surface area contributed by atoms with E-state index in [9.17, 15) is 29.8 Å². The van der Waals surface area contributed by atoms with Crippen LogP contribution in [0.3, 0.4) is 0 Å². The highest BCUT2D eigenvalue weighted by Gasteiger charge is 2.29. The van der Waals surface area contributed by atoms with Crippen LogP contribution in [0.1, 0.15) is 103 Å². The largest absolute Gasteiger partial charge is 0.457 e. The van der Waals surface area contributed by atoms with Crippen molar-refractivity contribution >= 4 is 23.3 Å². The Morgan fingerprint density at radius 3 is 1.24 bits per heavy atom. The number of hydrogen-bond donors (Lipinski definition) is 0. The molecular weight excluding hydrogens is 532 g/mol. The average molecular weight is 573 g/mol. The predicted octanol–water partition coefficient (Wildman–Crippen LogP) is 8.16. The first kappa shape index (κ1) is 33.2. The molecule has 11 nitrogen and oxygen atoms in total. The van der Waals surface area contributed by atoms with Crippen LogP contribution in [0.15, 0.2) is 36.4 Å². The zero-order chi connectivity index (χ0) is 30.7. The van der Waals surface area contributed by atoms with E-state index in [0.717, 1.165) is 0 Å². The number of esters is 2. The van der Waals surface area contributed by atoms with Gasteiger partial charge in [0.05, 0.1) is 21.7 Å². The average Bonchev–Trinajstić information content (AvgIpc) is 2.96. The molecule has 0 saturated carbocycles. The molecule has 0 aliphatic carbocycles. The molecule has 2 aromatic carbocycles. The molecule has 0 fully saturated rings. The summed E-state index contributed by atoms with van der Waals surface area (Å²) in [5.41, 5.74) is 0.150. The van der Waals surface area contributed by atoms with Crippen molar-refractivity contribution in [3.63, 3.8) is 0 Å². The molecular formula is C30H40N2O9. The molecule has 0 saturated heterocycles. The van der Waals surface area contributed by atoms with E-state index in [4.69, 9.17) is 14.2 Å². The van der Waals surface area contributed by atoms with Gasteiger partial charge in [0, 0.05) is 35.4 Å². The van der Waals surface area contributed by atoms with Crippen LogP contribution >= 0.6 is 0 Å². The molecule has 2 rings (SSSR count). The summed E-state index contributed by atoms with van der Waals surface area (Å²) in [6.07, 6.45) is 1.31. The lowest BCUT2D eigenvalue weighted by atomic mass is 10.0. The Bertz CT molecular complexity index is 1130. The molecule has 0 bridgehead atoms. The Balaban J connectivity index is 2.62. The fraction of sp³-hybridized carbons (Fsp3) is 0.533. The van der Waals surface area contributed by atoms with Crippen LogP contribution < -0.4 is 4.74 Å². The number of ether oxygens (including phenoxy) is 3. The molecule has 0 spiro atoms. The van der Waals surface area contributed by atoms with Gasteiger partial charge in [0.15, 0.2) is 0 Å². The zero-order valence-electron chi connectivity index (χ0n) is 24.6. The number of carbonyl (C=O) groups excluding carboxylic acids is 2. The molecule has 0 amide bonds. The lowest BCUT2D eigenvalue weighted by Gasteiger charge is -2.24. The van der Waals surface area contributed by atoms with E-state index in [1.54, 1.807) is 13.8 Å². The molecule has 2 unspecified atom stereocenters. The Labute approximate surface area is 240 Å². The molecule has 0 radical (unpaired) electrons. The van der Waals surface area contributed by atoms with Crippen LogP contribution in [0, 0.1) is 32.1 Å². The molecule has 41 heavy (non-hydrogen) atoms. The number of nitrogens with zero attached hydrogens (tertiary/aromatic N) is 2. The van der Waals surface area contributed by atoms with Crippen molar-refractivity contribution in [1.29, 1.82) is 0 Å². The van der Waals surface area contributed by atoms with Gasteiger partial charge in [0.2, 0.25) is 0 Å².